The second-order valence-corrected chi connectivity index (χ2v) is 8.05. The first kappa shape index (κ1) is 22.9. The number of carbonyl (C=O) groups excluding carboxylic acids is 1. The average Bonchev–Trinajstić information content (AvgIpc) is 3.47. The van der Waals surface area contributed by atoms with Gasteiger partial charge in [0.1, 0.15) is 11.4 Å². The van der Waals surface area contributed by atoms with Crippen molar-refractivity contribution in [3.8, 4) is 22.8 Å². The van der Waals surface area contributed by atoms with Gasteiger partial charge >= 0.3 is 0 Å². The zero-order valence-electron chi connectivity index (χ0n) is 19.7. The summed E-state index contributed by atoms with van der Waals surface area (Å²) in [5.74, 6) is 0.585. The molecule has 1 amide bonds. The van der Waals surface area contributed by atoms with Gasteiger partial charge in [-0.25, -0.2) is 4.68 Å². The van der Waals surface area contributed by atoms with Crippen LogP contribution in [0.5, 0.6) is 5.75 Å². The van der Waals surface area contributed by atoms with Crippen LogP contribution in [0.4, 0.5) is 5.69 Å². The minimum atomic E-state index is -0.466. The van der Waals surface area contributed by atoms with Gasteiger partial charge in [0.15, 0.2) is 6.61 Å². The standard InChI is InChI=1S/C27H23N5O4/c1-18-24(27(34)32(31(18)2)20-13-7-4-8-14-20)29-26(33)21-15-9-10-16-22(21)35-17-23-28-25(30-36-23)19-11-5-3-6-12-19/h3-16H,17H2,1-2H3,(H,29,33). The molecular formula is C27H23N5O4. The Hall–Kier alpha value is -4.92. The van der Waals surface area contributed by atoms with Crippen molar-refractivity contribution in [3.63, 3.8) is 0 Å². The number of para-hydroxylation sites is 2. The van der Waals surface area contributed by atoms with Crippen molar-refractivity contribution in [2.75, 3.05) is 5.32 Å². The maximum absolute atomic E-state index is 13.2. The Morgan fingerprint density at radius 3 is 2.39 bits per heavy atom. The quantitative estimate of drug-likeness (QED) is 0.370. The summed E-state index contributed by atoms with van der Waals surface area (Å²) in [6.07, 6.45) is 0. The van der Waals surface area contributed by atoms with Gasteiger partial charge in [0.05, 0.1) is 16.9 Å². The Morgan fingerprint density at radius 1 is 0.972 bits per heavy atom. The Labute approximate surface area is 206 Å². The van der Waals surface area contributed by atoms with Gasteiger partial charge in [-0.1, -0.05) is 65.8 Å². The zero-order valence-corrected chi connectivity index (χ0v) is 19.7. The first-order chi connectivity index (χ1) is 17.5. The van der Waals surface area contributed by atoms with E-state index in [2.05, 4.69) is 15.5 Å². The minimum Gasteiger partial charge on any atom is -0.483 e. The van der Waals surface area contributed by atoms with E-state index in [0.29, 0.717) is 23.0 Å². The smallest absolute Gasteiger partial charge is 0.295 e. The minimum absolute atomic E-state index is 0.0185. The third-order valence-corrected chi connectivity index (χ3v) is 5.78. The zero-order chi connectivity index (χ0) is 25.1. The first-order valence-electron chi connectivity index (χ1n) is 11.3. The molecule has 3 aromatic carbocycles. The van der Waals surface area contributed by atoms with E-state index in [0.717, 1.165) is 5.56 Å². The highest BCUT2D eigenvalue weighted by atomic mass is 16.5. The van der Waals surface area contributed by atoms with Gasteiger partial charge in [0.2, 0.25) is 5.82 Å². The lowest BCUT2D eigenvalue weighted by Crippen LogP contribution is -2.23. The van der Waals surface area contributed by atoms with E-state index in [-0.39, 0.29) is 29.3 Å². The largest absolute Gasteiger partial charge is 0.483 e. The van der Waals surface area contributed by atoms with E-state index in [9.17, 15) is 9.59 Å². The van der Waals surface area contributed by atoms with Crippen LogP contribution in [0.25, 0.3) is 17.1 Å². The molecule has 9 heteroatoms. The van der Waals surface area contributed by atoms with Crippen molar-refractivity contribution in [1.82, 2.24) is 19.5 Å². The molecule has 5 rings (SSSR count). The number of hydrogen-bond acceptors (Lipinski definition) is 6. The molecule has 9 nitrogen and oxygen atoms in total. The average molecular weight is 482 g/mol. The summed E-state index contributed by atoms with van der Waals surface area (Å²) < 4.78 is 14.3. The monoisotopic (exact) mass is 481 g/mol. The van der Waals surface area contributed by atoms with Gasteiger partial charge in [0, 0.05) is 12.6 Å². The van der Waals surface area contributed by atoms with Gasteiger partial charge in [-0.15, -0.1) is 0 Å². The number of hydrogen-bond donors (Lipinski definition) is 1. The fourth-order valence-electron chi connectivity index (χ4n) is 3.83. The van der Waals surface area contributed by atoms with E-state index in [4.69, 9.17) is 9.26 Å². The lowest BCUT2D eigenvalue weighted by molar-refractivity contribution is 0.102. The Balaban J connectivity index is 1.35. The normalized spacial score (nSPS) is 10.8. The third kappa shape index (κ3) is 4.41. The molecule has 0 unspecified atom stereocenters. The predicted molar refractivity (Wildman–Crippen MR) is 134 cm³/mol. The Bertz CT molecular complexity index is 1570. The van der Waals surface area contributed by atoms with Crippen molar-refractivity contribution < 1.29 is 14.1 Å². The van der Waals surface area contributed by atoms with Crippen molar-refractivity contribution in [3.05, 3.63) is 112 Å². The molecule has 0 atom stereocenters. The summed E-state index contributed by atoms with van der Waals surface area (Å²) in [5.41, 5.74) is 2.29. The molecule has 0 fully saturated rings. The van der Waals surface area contributed by atoms with Crippen LogP contribution in [0.2, 0.25) is 0 Å². The number of nitrogens with one attached hydrogen (secondary N) is 1. The molecule has 2 heterocycles. The highest BCUT2D eigenvalue weighted by Crippen LogP contribution is 2.22. The summed E-state index contributed by atoms with van der Waals surface area (Å²) >= 11 is 0. The van der Waals surface area contributed by atoms with Gasteiger partial charge in [-0.05, 0) is 31.2 Å². The Morgan fingerprint density at radius 2 is 1.64 bits per heavy atom. The Kier molecular flexibility index (Phi) is 6.19. The lowest BCUT2D eigenvalue weighted by Gasteiger charge is -2.10. The molecule has 5 aromatic rings. The van der Waals surface area contributed by atoms with Gasteiger partial charge < -0.3 is 14.6 Å². The summed E-state index contributed by atoms with van der Waals surface area (Å²) in [7, 11) is 1.77. The lowest BCUT2D eigenvalue weighted by atomic mass is 10.2. The molecule has 0 bridgehead atoms. The molecule has 180 valence electrons. The maximum Gasteiger partial charge on any atom is 0.295 e. The number of ether oxygens (including phenoxy) is 1. The summed E-state index contributed by atoms with van der Waals surface area (Å²) in [4.78, 5) is 30.7. The SMILES string of the molecule is Cc1c(NC(=O)c2ccccc2OCc2nc(-c3ccccc3)no2)c(=O)n(-c2ccccc2)n1C. The number of nitrogens with zero attached hydrogens (tertiary/aromatic N) is 4. The fourth-order valence-corrected chi connectivity index (χ4v) is 3.83. The van der Waals surface area contributed by atoms with Crippen LogP contribution in [0, 0.1) is 6.92 Å². The van der Waals surface area contributed by atoms with Crippen LogP contribution < -0.4 is 15.6 Å². The molecule has 0 aliphatic carbocycles. The molecule has 0 aliphatic rings. The van der Waals surface area contributed by atoms with Gasteiger partial charge in [-0.3, -0.25) is 14.3 Å². The molecule has 36 heavy (non-hydrogen) atoms. The third-order valence-electron chi connectivity index (χ3n) is 5.78. The van der Waals surface area contributed by atoms with E-state index in [1.165, 1.54) is 4.68 Å². The van der Waals surface area contributed by atoms with Crippen LogP contribution in [0.15, 0.2) is 94.2 Å². The number of anilines is 1. The molecule has 0 radical (unpaired) electrons. The van der Waals surface area contributed by atoms with E-state index in [1.54, 1.807) is 42.9 Å². The second-order valence-electron chi connectivity index (χ2n) is 8.05. The van der Waals surface area contributed by atoms with Crippen LogP contribution in [-0.4, -0.2) is 25.4 Å². The predicted octanol–water partition coefficient (Wildman–Crippen LogP) is 4.37. The second kappa shape index (κ2) is 9.75. The highest BCUT2D eigenvalue weighted by molar-refractivity contribution is 6.06. The van der Waals surface area contributed by atoms with Crippen LogP contribution in [-0.2, 0) is 13.7 Å². The number of aromatic nitrogens is 4. The molecule has 0 saturated heterocycles. The molecular weight excluding hydrogens is 458 g/mol. The summed E-state index contributed by atoms with van der Waals surface area (Å²) in [5, 5.41) is 6.75. The number of benzene rings is 3. The number of carbonyl (C=O) groups is 1. The molecule has 0 saturated carbocycles. The van der Waals surface area contributed by atoms with E-state index < -0.39 is 5.91 Å². The first-order valence-corrected chi connectivity index (χ1v) is 11.3. The topological polar surface area (TPSA) is 104 Å². The summed E-state index contributed by atoms with van der Waals surface area (Å²) in [6, 6.07) is 25.5. The van der Waals surface area contributed by atoms with Crippen molar-refractivity contribution in [2.24, 2.45) is 7.05 Å². The number of rotatable bonds is 7. The summed E-state index contributed by atoms with van der Waals surface area (Å²) in [6.45, 7) is 1.76. The van der Waals surface area contributed by atoms with E-state index in [1.807, 2.05) is 60.7 Å². The van der Waals surface area contributed by atoms with Gasteiger partial charge in [0.25, 0.3) is 17.4 Å². The molecule has 0 aliphatic heterocycles. The molecule has 0 spiro atoms. The van der Waals surface area contributed by atoms with E-state index >= 15 is 0 Å². The van der Waals surface area contributed by atoms with Crippen molar-refractivity contribution in [1.29, 1.82) is 0 Å². The highest BCUT2D eigenvalue weighted by Gasteiger charge is 2.21. The van der Waals surface area contributed by atoms with Crippen LogP contribution in [0.1, 0.15) is 21.9 Å². The molecule has 1 N–H and O–H groups in total. The van der Waals surface area contributed by atoms with Crippen molar-refractivity contribution >= 4 is 11.6 Å². The van der Waals surface area contributed by atoms with Gasteiger partial charge in [-0.2, -0.15) is 4.98 Å². The molecule has 2 aromatic heterocycles. The van der Waals surface area contributed by atoms with Crippen LogP contribution in [0.3, 0.4) is 0 Å². The fraction of sp³-hybridized carbons (Fsp3) is 0.111. The maximum atomic E-state index is 13.2. The number of amides is 1. The van der Waals surface area contributed by atoms with Crippen molar-refractivity contribution in [2.45, 2.75) is 13.5 Å². The van der Waals surface area contributed by atoms with Crippen LogP contribution >= 0.6 is 0 Å².